The normalized spacial score (nSPS) is 21.7. The van der Waals surface area contributed by atoms with Gasteiger partial charge in [0.1, 0.15) is 0 Å². The largest absolute Gasteiger partial charge is 0.481 e. The van der Waals surface area contributed by atoms with Crippen molar-refractivity contribution in [2.75, 3.05) is 18.4 Å². The highest BCUT2D eigenvalue weighted by molar-refractivity contribution is 5.89. The van der Waals surface area contributed by atoms with Gasteiger partial charge in [0.25, 0.3) is 0 Å². The first-order chi connectivity index (χ1) is 10.1. The number of urea groups is 1. The number of amides is 2. The van der Waals surface area contributed by atoms with Crippen LogP contribution in [0.3, 0.4) is 0 Å². The van der Waals surface area contributed by atoms with Gasteiger partial charge in [0, 0.05) is 13.1 Å². The van der Waals surface area contributed by atoms with E-state index in [-0.39, 0.29) is 18.9 Å². The molecular formula is C12H13F3N4O3. The van der Waals surface area contributed by atoms with Crippen molar-refractivity contribution < 1.29 is 27.9 Å². The van der Waals surface area contributed by atoms with E-state index in [1.807, 2.05) is 0 Å². The summed E-state index contributed by atoms with van der Waals surface area (Å²) in [6.45, 7) is 1.78. The van der Waals surface area contributed by atoms with Crippen LogP contribution >= 0.6 is 0 Å². The van der Waals surface area contributed by atoms with E-state index in [9.17, 15) is 22.8 Å². The maximum atomic E-state index is 12.3. The fraction of sp³-hybridized carbons (Fsp3) is 0.500. The van der Waals surface area contributed by atoms with Gasteiger partial charge in [-0.1, -0.05) is 0 Å². The Balaban J connectivity index is 2.00. The summed E-state index contributed by atoms with van der Waals surface area (Å²) in [6, 6.07) is 1.06. The van der Waals surface area contributed by atoms with Crippen LogP contribution in [0, 0.1) is 5.41 Å². The smallest absolute Gasteiger partial charge is 0.435 e. The molecule has 0 saturated carbocycles. The van der Waals surface area contributed by atoms with E-state index in [0.717, 1.165) is 6.07 Å². The van der Waals surface area contributed by atoms with Crippen LogP contribution in [0.15, 0.2) is 12.1 Å². The van der Waals surface area contributed by atoms with Crippen LogP contribution in [0.5, 0.6) is 0 Å². The Morgan fingerprint density at radius 2 is 2.05 bits per heavy atom. The fourth-order valence-corrected chi connectivity index (χ4v) is 2.05. The number of carbonyl (C=O) groups is 2. The first kappa shape index (κ1) is 16.0. The lowest BCUT2D eigenvalue weighted by Crippen LogP contribution is -2.37. The van der Waals surface area contributed by atoms with Gasteiger partial charge in [-0.05, 0) is 25.5 Å². The van der Waals surface area contributed by atoms with Crippen LogP contribution in [0.2, 0.25) is 0 Å². The Kier molecular flexibility index (Phi) is 3.94. The molecule has 0 spiro atoms. The lowest BCUT2D eigenvalue weighted by Gasteiger charge is -2.20. The Hall–Kier alpha value is -2.39. The summed E-state index contributed by atoms with van der Waals surface area (Å²) in [4.78, 5) is 24.3. The van der Waals surface area contributed by atoms with Gasteiger partial charge in [0.15, 0.2) is 11.5 Å². The van der Waals surface area contributed by atoms with E-state index >= 15 is 0 Å². The summed E-state index contributed by atoms with van der Waals surface area (Å²) in [6.07, 6.45) is -4.30. The van der Waals surface area contributed by atoms with E-state index in [0.29, 0.717) is 12.5 Å². The van der Waals surface area contributed by atoms with Crippen molar-refractivity contribution in [3.05, 3.63) is 17.8 Å². The Bertz CT molecular complexity index is 590. The van der Waals surface area contributed by atoms with Crippen molar-refractivity contribution in [2.45, 2.75) is 19.5 Å². The minimum atomic E-state index is -4.60. The molecule has 1 atom stereocenters. The molecule has 0 radical (unpaired) electrons. The summed E-state index contributed by atoms with van der Waals surface area (Å²) >= 11 is 0. The molecule has 1 aromatic heterocycles. The van der Waals surface area contributed by atoms with Crippen LogP contribution in [-0.4, -0.2) is 45.3 Å². The topological polar surface area (TPSA) is 95.4 Å². The fourth-order valence-electron chi connectivity index (χ4n) is 2.05. The van der Waals surface area contributed by atoms with E-state index in [2.05, 4.69) is 15.5 Å². The average molecular weight is 318 g/mol. The van der Waals surface area contributed by atoms with Gasteiger partial charge in [-0.3, -0.25) is 10.1 Å². The summed E-state index contributed by atoms with van der Waals surface area (Å²) in [5, 5.41) is 17.6. The standard InChI is InChI=1S/C12H13F3N4O3/c1-11(9(20)21)4-5-19(6-11)10(22)16-8-3-2-7(17-18-8)12(13,14)15/h2-3H,4-6H2,1H3,(H,20,21)(H,16,18,22). The summed E-state index contributed by atoms with van der Waals surface area (Å²) in [5.41, 5.74) is -2.19. The zero-order valence-electron chi connectivity index (χ0n) is 11.5. The number of nitrogens with one attached hydrogen (secondary N) is 1. The third-order valence-electron chi connectivity index (χ3n) is 3.47. The van der Waals surface area contributed by atoms with Crippen molar-refractivity contribution in [2.24, 2.45) is 5.41 Å². The van der Waals surface area contributed by atoms with Crippen molar-refractivity contribution in [1.29, 1.82) is 0 Å². The van der Waals surface area contributed by atoms with Crippen LogP contribution < -0.4 is 5.32 Å². The number of halogens is 3. The van der Waals surface area contributed by atoms with Crippen LogP contribution in [0.4, 0.5) is 23.8 Å². The molecule has 1 saturated heterocycles. The number of carboxylic acids is 1. The highest BCUT2D eigenvalue weighted by Gasteiger charge is 2.42. The molecule has 120 valence electrons. The SMILES string of the molecule is CC1(C(=O)O)CCN(C(=O)Nc2ccc(C(F)(F)F)nn2)C1. The Labute approximate surface area is 123 Å². The number of aliphatic carboxylic acids is 1. The highest BCUT2D eigenvalue weighted by atomic mass is 19.4. The number of aromatic nitrogens is 2. The second-order valence-electron chi connectivity index (χ2n) is 5.27. The first-order valence-electron chi connectivity index (χ1n) is 6.32. The molecule has 22 heavy (non-hydrogen) atoms. The number of hydrogen-bond acceptors (Lipinski definition) is 4. The van der Waals surface area contributed by atoms with Gasteiger partial charge in [-0.15, -0.1) is 10.2 Å². The lowest BCUT2D eigenvalue weighted by molar-refractivity contribution is -0.147. The molecule has 10 heteroatoms. The molecule has 7 nitrogen and oxygen atoms in total. The van der Waals surface area contributed by atoms with Gasteiger partial charge in [0.05, 0.1) is 5.41 Å². The Morgan fingerprint density at radius 1 is 1.36 bits per heavy atom. The molecule has 2 rings (SSSR count). The zero-order valence-corrected chi connectivity index (χ0v) is 11.5. The molecule has 0 aromatic carbocycles. The number of anilines is 1. The third kappa shape index (κ3) is 3.26. The lowest BCUT2D eigenvalue weighted by atomic mass is 9.90. The number of likely N-dealkylation sites (tertiary alicyclic amines) is 1. The zero-order chi connectivity index (χ0) is 16.5. The molecule has 2 heterocycles. The minimum Gasteiger partial charge on any atom is -0.481 e. The van der Waals surface area contributed by atoms with Crippen molar-refractivity contribution in [3.8, 4) is 0 Å². The number of hydrogen-bond donors (Lipinski definition) is 2. The summed E-state index contributed by atoms with van der Waals surface area (Å²) < 4.78 is 37.0. The van der Waals surface area contributed by atoms with Crippen molar-refractivity contribution >= 4 is 17.8 Å². The van der Waals surface area contributed by atoms with Gasteiger partial charge < -0.3 is 10.0 Å². The minimum absolute atomic E-state index is 0.0161. The molecule has 2 N–H and O–H groups in total. The molecular weight excluding hydrogens is 305 g/mol. The number of alkyl halides is 3. The third-order valence-corrected chi connectivity index (χ3v) is 3.47. The van der Waals surface area contributed by atoms with Gasteiger partial charge in [-0.25, -0.2) is 4.79 Å². The van der Waals surface area contributed by atoms with Gasteiger partial charge >= 0.3 is 18.2 Å². The number of rotatable bonds is 2. The number of carboxylic acid groups (broad SMARTS) is 1. The molecule has 2 amide bonds. The molecule has 1 unspecified atom stereocenters. The number of carbonyl (C=O) groups excluding carboxylic acids is 1. The van der Waals surface area contributed by atoms with E-state index in [1.54, 1.807) is 0 Å². The van der Waals surface area contributed by atoms with E-state index in [4.69, 9.17) is 5.11 Å². The predicted molar refractivity (Wildman–Crippen MR) is 68.0 cm³/mol. The summed E-state index contributed by atoms with van der Waals surface area (Å²) in [7, 11) is 0. The molecule has 1 aromatic rings. The van der Waals surface area contributed by atoms with Crippen molar-refractivity contribution in [1.82, 2.24) is 15.1 Å². The number of nitrogens with zero attached hydrogens (tertiary/aromatic N) is 3. The van der Waals surface area contributed by atoms with Gasteiger partial charge in [0.2, 0.25) is 0 Å². The second kappa shape index (κ2) is 5.43. The first-order valence-corrected chi connectivity index (χ1v) is 6.32. The van der Waals surface area contributed by atoms with E-state index < -0.39 is 29.3 Å². The monoisotopic (exact) mass is 318 g/mol. The second-order valence-corrected chi connectivity index (χ2v) is 5.27. The predicted octanol–water partition coefficient (Wildman–Crippen LogP) is 1.82. The molecule has 1 aliphatic rings. The summed E-state index contributed by atoms with van der Waals surface area (Å²) in [5.74, 6) is -1.14. The molecule has 0 bridgehead atoms. The molecule has 0 aliphatic carbocycles. The Morgan fingerprint density at radius 3 is 2.50 bits per heavy atom. The van der Waals surface area contributed by atoms with Gasteiger partial charge in [-0.2, -0.15) is 13.2 Å². The van der Waals surface area contributed by atoms with Crippen LogP contribution in [0.25, 0.3) is 0 Å². The van der Waals surface area contributed by atoms with Crippen molar-refractivity contribution in [3.63, 3.8) is 0 Å². The maximum absolute atomic E-state index is 12.3. The molecule has 1 fully saturated rings. The quantitative estimate of drug-likeness (QED) is 0.867. The maximum Gasteiger partial charge on any atom is 0.435 e. The van der Waals surface area contributed by atoms with Crippen LogP contribution in [-0.2, 0) is 11.0 Å². The average Bonchev–Trinajstić information content (AvgIpc) is 2.82. The molecule has 1 aliphatic heterocycles. The highest BCUT2D eigenvalue weighted by Crippen LogP contribution is 2.30. The van der Waals surface area contributed by atoms with E-state index in [1.165, 1.54) is 11.8 Å². The van der Waals surface area contributed by atoms with Crippen LogP contribution in [0.1, 0.15) is 19.0 Å².